The molecule has 2 aromatic rings. The zero-order valence-electron chi connectivity index (χ0n) is 20.6. The maximum Gasteiger partial charge on any atom is 0.264 e. The molecule has 4 rings (SSSR count). The van der Waals surface area contributed by atoms with E-state index in [9.17, 15) is 19.5 Å². The van der Waals surface area contributed by atoms with Crippen molar-refractivity contribution in [3.63, 3.8) is 0 Å². The molecule has 2 aliphatic heterocycles. The Balaban J connectivity index is 1.68. The first kappa shape index (κ1) is 25.8. The molecular formula is C26H33ClN2O5Si. The molecule has 2 aliphatic rings. The molecule has 4 atom stereocenters. The Morgan fingerprint density at radius 2 is 1.91 bits per heavy atom. The van der Waals surface area contributed by atoms with Crippen molar-refractivity contribution in [1.29, 1.82) is 0 Å². The average molecular weight is 517 g/mol. The number of amides is 2. The lowest BCUT2D eigenvalue weighted by Gasteiger charge is -2.32. The molecule has 1 saturated heterocycles. The molecule has 0 radical (unpaired) electrons. The lowest BCUT2D eigenvalue weighted by molar-refractivity contribution is -0.149. The highest BCUT2D eigenvalue weighted by molar-refractivity contribution is 6.71. The molecule has 9 heteroatoms. The van der Waals surface area contributed by atoms with Gasteiger partial charge in [0.25, 0.3) is 5.91 Å². The van der Waals surface area contributed by atoms with Crippen molar-refractivity contribution in [2.24, 2.45) is 5.92 Å². The monoisotopic (exact) mass is 516 g/mol. The molecule has 2 aromatic carbocycles. The highest BCUT2D eigenvalue weighted by Gasteiger charge is 2.66. The minimum absolute atomic E-state index is 0.00741. The summed E-state index contributed by atoms with van der Waals surface area (Å²) in [5, 5.41) is 10.1. The highest BCUT2D eigenvalue weighted by atomic mass is 35.5. The van der Waals surface area contributed by atoms with Crippen molar-refractivity contribution in [1.82, 2.24) is 4.90 Å². The van der Waals surface area contributed by atoms with Gasteiger partial charge >= 0.3 is 0 Å². The van der Waals surface area contributed by atoms with Gasteiger partial charge in [0.1, 0.15) is 0 Å². The predicted octanol–water partition coefficient (Wildman–Crippen LogP) is 3.53. The molecule has 0 saturated carbocycles. The Labute approximate surface area is 212 Å². The smallest absolute Gasteiger partial charge is 0.264 e. The third-order valence-corrected chi connectivity index (χ3v) is 10.1. The number of rotatable bonds is 7. The van der Waals surface area contributed by atoms with Crippen molar-refractivity contribution in [2.45, 2.75) is 50.2 Å². The Hall–Kier alpha value is -2.23. The van der Waals surface area contributed by atoms with Gasteiger partial charge in [-0.2, -0.15) is 0 Å². The van der Waals surface area contributed by atoms with Crippen LogP contribution in [0, 0.1) is 5.92 Å². The van der Waals surface area contributed by atoms with E-state index in [0.29, 0.717) is 17.1 Å². The second-order valence-electron chi connectivity index (χ2n) is 10.1. The SMILES string of the molecule is C[C@@H]1[C@@H]([Si](C)(C)O)[C@H](CC(=O)N(CCO)Cc2ccccc2)O[C@@]12C(=O)N(C)c1ccc(Cl)cc12. The summed E-state index contributed by atoms with van der Waals surface area (Å²) in [5.41, 5.74) is 0.691. The second-order valence-corrected chi connectivity index (χ2v) is 14.5. The fraction of sp³-hybridized carbons (Fsp3) is 0.462. The fourth-order valence-corrected chi connectivity index (χ4v) is 8.60. The van der Waals surface area contributed by atoms with E-state index in [2.05, 4.69) is 0 Å². The average Bonchev–Trinajstić information content (AvgIpc) is 3.21. The Kier molecular flexibility index (Phi) is 7.14. The number of aliphatic hydroxyl groups is 1. The number of carbonyl (C=O) groups is 2. The van der Waals surface area contributed by atoms with Crippen LogP contribution in [-0.4, -0.2) is 61.2 Å². The molecule has 2 N–H and O–H groups in total. The molecule has 0 bridgehead atoms. The zero-order valence-corrected chi connectivity index (χ0v) is 22.3. The Bertz CT molecular complexity index is 1110. The molecule has 35 heavy (non-hydrogen) atoms. The molecule has 0 aromatic heterocycles. The number of halogens is 1. The van der Waals surface area contributed by atoms with Crippen LogP contribution in [0.15, 0.2) is 48.5 Å². The largest absolute Gasteiger partial charge is 0.432 e. The van der Waals surface area contributed by atoms with Crippen molar-refractivity contribution < 1.29 is 24.2 Å². The number of ether oxygens (including phenoxy) is 1. The van der Waals surface area contributed by atoms with E-state index in [1.54, 1.807) is 35.0 Å². The van der Waals surface area contributed by atoms with E-state index < -0.39 is 20.0 Å². The third-order valence-electron chi connectivity index (χ3n) is 7.39. The van der Waals surface area contributed by atoms with E-state index >= 15 is 0 Å². The van der Waals surface area contributed by atoms with E-state index in [4.69, 9.17) is 16.3 Å². The molecule has 1 fully saturated rings. The van der Waals surface area contributed by atoms with Crippen molar-refractivity contribution in [3.05, 3.63) is 64.7 Å². The van der Waals surface area contributed by atoms with Gasteiger partial charge in [0.2, 0.25) is 5.91 Å². The van der Waals surface area contributed by atoms with Crippen LogP contribution in [0.4, 0.5) is 5.69 Å². The van der Waals surface area contributed by atoms with Crippen molar-refractivity contribution in [3.8, 4) is 0 Å². The second kappa shape index (κ2) is 9.67. The van der Waals surface area contributed by atoms with Crippen LogP contribution in [0.5, 0.6) is 0 Å². The topological polar surface area (TPSA) is 90.3 Å². The summed E-state index contributed by atoms with van der Waals surface area (Å²) in [5.74, 6) is -0.760. The normalized spacial score (nSPS) is 25.9. The van der Waals surface area contributed by atoms with E-state index in [1.165, 1.54) is 0 Å². The summed E-state index contributed by atoms with van der Waals surface area (Å²) in [6.45, 7) is 5.96. The Morgan fingerprint density at radius 1 is 1.23 bits per heavy atom. The molecule has 2 amide bonds. The number of likely N-dealkylation sites (N-methyl/N-ethyl adjacent to an activating group) is 1. The fourth-order valence-electron chi connectivity index (χ4n) is 5.87. The summed E-state index contributed by atoms with van der Waals surface area (Å²) >= 11 is 6.32. The molecular weight excluding hydrogens is 484 g/mol. The summed E-state index contributed by atoms with van der Waals surface area (Å²) in [6.07, 6.45) is -0.642. The quantitative estimate of drug-likeness (QED) is 0.549. The van der Waals surface area contributed by atoms with Crippen molar-refractivity contribution in [2.75, 3.05) is 25.1 Å². The molecule has 0 aliphatic carbocycles. The summed E-state index contributed by atoms with van der Waals surface area (Å²) in [6, 6.07) is 14.9. The number of benzene rings is 2. The van der Waals surface area contributed by atoms with Crippen LogP contribution < -0.4 is 4.90 Å². The highest BCUT2D eigenvalue weighted by Crippen LogP contribution is 2.59. The third kappa shape index (κ3) is 4.54. The van der Waals surface area contributed by atoms with Crippen LogP contribution >= 0.6 is 11.6 Å². The number of nitrogens with zero attached hydrogens (tertiary/aromatic N) is 2. The van der Waals surface area contributed by atoms with E-state index in [1.807, 2.05) is 50.3 Å². The van der Waals surface area contributed by atoms with Gasteiger partial charge in [0, 0.05) is 42.2 Å². The van der Waals surface area contributed by atoms with Gasteiger partial charge in [0.15, 0.2) is 13.9 Å². The first-order valence-electron chi connectivity index (χ1n) is 11.9. The van der Waals surface area contributed by atoms with Crippen LogP contribution in [0.1, 0.15) is 24.5 Å². The van der Waals surface area contributed by atoms with Gasteiger partial charge in [-0.15, -0.1) is 0 Å². The maximum absolute atomic E-state index is 13.7. The van der Waals surface area contributed by atoms with Crippen LogP contribution in [0.2, 0.25) is 23.7 Å². The minimum atomic E-state index is -2.87. The van der Waals surface area contributed by atoms with Gasteiger partial charge < -0.3 is 24.4 Å². The van der Waals surface area contributed by atoms with Crippen LogP contribution in [0.25, 0.3) is 0 Å². The maximum atomic E-state index is 13.7. The van der Waals surface area contributed by atoms with Gasteiger partial charge in [-0.25, -0.2) is 0 Å². The van der Waals surface area contributed by atoms with Gasteiger partial charge in [0.05, 0.1) is 24.8 Å². The summed E-state index contributed by atoms with van der Waals surface area (Å²) < 4.78 is 6.59. The minimum Gasteiger partial charge on any atom is -0.432 e. The summed E-state index contributed by atoms with van der Waals surface area (Å²) in [7, 11) is -1.17. The van der Waals surface area contributed by atoms with E-state index in [0.717, 1.165) is 11.3 Å². The molecule has 0 unspecified atom stereocenters. The number of hydrogen-bond acceptors (Lipinski definition) is 5. The molecule has 1 spiro atoms. The standard InChI is InChI=1S/C26H33ClN2O5Si/c1-17-24(35(3,4)33)22(15-23(31)29(12-13-30)16-18-8-6-5-7-9-18)34-26(17)20-14-19(27)10-11-21(20)28(2)25(26)32/h5-11,14,17,22,24,30,33H,12-13,15-16H2,1-4H3/t17-,22+,24-,26+/m1/s1. The lowest BCUT2D eigenvalue weighted by atomic mass is 9.82. The lowest BCUT2D eigenvalue weighted by Crippen LogP contribution is -2.45. The van der Waals surface area contributed by atoms with Crippen molar-refractivity contribution >= 4 is 37.4 Å². The molecule has 2 heterocycles. The van der Waals surface area contributed by atoms with Crippen LogP contribution in [-0.2, 0) is 26.5 Å². The van der Waals surface area contributed by atoms with E-state index in [-0.39, 0.29) is 42.8 Å². The van der Waals surface area contributed by atoms with Gasteiger partial charge in [-0.1, -0.05) is 48.9 Å². The summed E-state index contributed by atoms with van der Waals surface area (Å²) in [4.78, 5) is 41.6. The number of anilines is 1. The zero-order chi connectivity index (χ0) is 25.5. The first-order chi connectivity index (χ1) is 16.5. The number of fused-ring (bicyclic) bond motifs is 2. The number of carbonyl (C=O) groups excluding carboxylic acids is 2. The first-order valence-corrected chi connectivity index (χ1v) is 15.3. The predicted molar refractivity (Wildman–Crippen MR) is 138 cm³/mol. The van der Waals surface area contributed by atoms with Gasteiger partial charge in [-0.3, -0.25) is 9.59 Å². The molecule has 7 nitrogen and oxygen atoms in total. The number of aliphatic hydroxyl groups excluding tert-OH is 1. The Morgan fingerprint density at radius 3 is 2.54 bits per heavy atom. The molecule has 188 valence electrons. The van der Waals surface area contributed by atoms with Gasteiger partial charge in [-0.05, 0) is 36.9 Å². The van der Waals surface area contributed by atoms with Crippen LogP contribution in [0.3, 0.4) is 0 Å². The number of hydrogen-bond donors (Lipinski definition) is 2.